The Morgan fingerprint density at radius 3 is 2.52 bits per heavy atom. The number of hydrogen-bond acceptors (Lipinski definition) is 4. The molecule has 0 N–H and O–H groups in total. The van der Waals surface area contributed by atoms with E-state index in [0.29, 0.717) is 24.4 Å². The van der Waals surface area contributed by atoms with Gasteiger partial charge in [0.2, 0.25) is 5.88 Å². The van der Waals surface area contributed by atoms with Crippen molar-refractivity contribution in [1.29, 1.82) is 0 Å². The summed E-state index contributed by atoms with van der Waals surface area (Å²) >= 11 is 0. The van der Waals surface area contributed by atoms with Crippen molar-refractivity contribution in [2.45, 2.75) is 38.3 Å². The number of ether oxygens (including phenoxy) is 1. The lowest BCUT2D eigenvalue weighted by Gasteiger charge is -2.29. The Bertz CT molecular complexity index is 497. The van der Waals surface area contributed by atoms with Gasteiger partial charge in [0.1, 0.15) is 12.1 Å². The molecule has 0 aromatic carbocycles. The van der Waals surface area contributed by atoms with Gasteiger partial charge in [-0.25, -0.2) is 9.97 Å². The molecule has 0 saturated heterocycles. The SMILES string of the molecule is COc1cc(CC(=O)C2CCC(C(F)(F)F)CC2)ncn1. The zero-order valence-corrected chi connectivity index (χ0v) is 11.7. The van der Waals surface area contributed by atoms with Crippen molar-refractivity contribution in [1.82, 2.24) is 9.97 Å². The van der Waals surface area contributed by atoms with Gasteiger partial charge in [0.05, 0.1) is 18.7 Å². The Hall–Kier alpha value is -1.66. The van der Waals surface area contributed by atoms with Crippen LogP contribution in [-0.2, 0) is 11.2 Å². The van der Waals surface area contributed by atoms with Gasteiger partial charge < -0.3 is 4.74 Å². The molecule has 1 aromatic heterocycles. The Morgan fingerprint density at radius 1 is 1.29 bits per heavy atom. The maximum Gasteiger partial charge on any atom is 0.391 e. The van der Waals surface area contributed by atoms with Crippen LogP contribution in [0.4, 0.5) is 13.2 Å². The van der Waals surface area contributed by atoms with Crippen molar-refractivity contribution in [2.24, 2.45) is 11.8 Å². The summed E-state index contributed by atoms with van der Waals surface area (Å²) in [7, 11) is 1.46. The van der Waals surface area contributed by atoms with Crippen molar-refractivity contribution in [3.05, 3.63) is 18.1 Å². The maximum atomic E-state index is 12.6. The Morgan fingerprint density at radius 2 is 1.95 bits per heavy atom. The van der Waals surface area contributed by atoms with Gasteiger partial charge in [0.15, 0.2) is 0 Å². The smallest absolute Gasteiger partial charge is 0.391 e. The standard InChI is InChI=1S/C14H17F3N2O2/c1-21-13-7-11(18-8-19-13)6-12(20)9-2-4-10(5-3-9)14(15,16)17/h7-10H,2-6H2,1H3. The second kappa shape index (κ2) is 6.41. The molecule has 4 nitrogen and oxygen atoms in total. The van der Waals surface area contributed by atoms with E-state index in [1.807, 2.05) is 0 Å². The molecule has 1 aliphatic rings. The van der Waals surface area contributed by atoms with Crippen LogP contribution in [0.3, 0.4) is 0 Å². The number of ketones is 1. The van der Waals surface area contributed by atoms with E-state index in [-0.39, 0.29) is 31.0 Å². The molecule has 1 aromatic rings. The molecule has 2 rings (SSSR count). The quantitative estimate of drug-likeness (QED) is 0.858. The number of methoxy groups -OCH3 is 1. The van der Waals surface area contributed by atoms with Crippen LogP contribution in [0.15, 0.2) is 12.4 Å². The highest BCUT2D eigenvalue weighted by atomic mass is 19.4. The van der Waals surface area contributed by atoms with Crippen LogP contribution in [0.2, 0.25) is 0 Å². The van der Waals surface area contributed by atoms with E-state index in [2.05, 4.69) is 9.97 Å². The predicted octanol–water partition coefficient (Wildman–Crippen LogP) is 2.97. The van der Waals surface area contributed by atoms with Crippen LogP contribution in [0, 0.1) is 11.8 Å². The highest BCUT2D eigenvalue weighted by Crippen LogP contribution is 2.39. The third kappa shape index (κ3) is 4.15. The van der Waals surface area contributed by atoms with Gasteiger partial charge in [-0.2, -0.15) is 13.2 Å². The van der Waals surface area contributed by atoms with Crippen LogP contribution in [0.1, 0.15) is 31.4 Å². The Labute approximate surface area is 120 Å². The minimum Gasteiger partial charge on any atom is -0.481 e. The highest BCUT2D eigenvalue weighted by molar-refractivity contribution is 5.83. The zero-order valence-electron chi connectivity index (χ0n) is 11.7. The average Bonchev–Trinajstić information content (AvgIpc) is 2.46. The van der Waals surface area contributed by atoms with Gasteiger partial charge in [-0.15, -0.1) is 0 Å². The third-order valence-corrected chi connectivity index (χ3v) is 3.91. The number of nitrogens with zero attached hydrogens (tertiary/aromatic N) is 2. The number of carbonyl (C=O) groups excluding carboxylic acids is 1. The molecule has 7 heteroatoms. The summed E-state index contributed by atoms with van der Waals surface area (Å²) in [4.78, 5) is 20.0. The molecule has 1 aliphatic carbocycles. The molecule has 0 atom stereocenters. The van der Waals surface area contributed by atoms with Gasteiger partial charge in [-0.3, -0.25) is 4.79 Å². The first-order valence-corrected chi connectivity index (χ1v) is 6.84. The fourth-order valence-electron chi connectivity index (χ4n) is 2.65. The summed E-state index contributed by atoms with van der Waals surface area (Å²) in [6, 6.07) is 1.57. The Kier molecular flexibility index (Phi) is 4.80. The normalized spacial score (nSPS) is 22.9. The van der Waals surface area contributed by atoms with Crippen molar-refractivity contribution < 1.29 is 22.7 Å². The van der Waals surface area contributed by atoms with Gasteiger partial charge in [0, 0.05) is 18.4 Å². The van der Waals surface area contributed by atoms with Gasteiger partial charge >= 0.3 is 6.18 Å². The van der Waals surface area contributed by atoms with Crippen molar-refractivity contribution >= 4 is 5.78 Å². The zero-order chi connectivity index (χ0) is 15.5. The molecular formula is C14H17F3N2O2. The first kappa shape index (κ1) is 15.7. The number of alkyl halides is 3. The second-order valence-electron chi connectivity index (χ2n) is 5.28. The topological polar surface area (TPSA) is 52.1 Å². The fraction of sp³-hybridized carbons (Fsp3) is 0.643. The minimum absolute atomic E-state index is 0.0347. The summed E-state index contributed by atoms with van der Waals surface area (Å²) in [6.07, 6.45) is -2.06. The van der Waals surface area contributed by atoms with E-state index in [9.17, 15) is 18.0 Å². The number of carbonyl (C=O) groups is 1. The number of rotatable bonds is 4. The van der Waals surface area contributed by atoms with Crippen LogP contribution in [-0.4, -0.2) is 29.0 Å². The molecule has 1 heterocycles. The highest BCUT2D eigenvalue weighted by Gasteiger charge is 2.42. The summed E-state index contributed by atoms with van der Waals surface area (Å²) in [5, 5.41) is 0. The van der Waals surface area contributed by atoms with Crippen molar-refractivity contribution in [2.75, 3.05) is 7.11 Å². The van der Waals surface area contributed by atoms with E-state index in [1.165, 1.54) is 13.4 Å². The molecule has 0 radical (unpaired) electrons. The van der Waals surface area contributed by atoms with Crippen molar-refractivity contribution in [3.8, 4) is 5.88 Å². The molecule has 1 saturated carbocycles. The van der Waals surface area contributed by atoms with E-state index < -0.39 is 12.1 Å². The molecule has 1 fully saturated rings. The molecule has 21 heavy (non-hydrogen) atoms. The largest absolute Gasteiger partial charge is 0.481 e. The van der Waals surface area contributed by atoms with Crippen LogP contribution >= 0.6 is 0 Å². The first-order valence-electron chi connectivity index (χ1n) is 6.84. The first-order chi connectivity index (χ1) is 9.90. The molecule has 0 bridgehead atoms. The Balaban J connectivity index is 1.90. The lowest BCUT2D eigenvalue weighted by molar-refractivity contribution is -0.184. The number of Topliss-reactive ketones (excluding diaryl/α,β-unsaturated/α-hetero) is 1. The molecule has 0 aliphatic heterocycles. The van der Waals surface area contributed by atoms with Gasteiger partial charge in [0.25, 0.3) is 0 Å². The molecule has 0 unspecified atom stereocenters. The average molecular weight is 302 g/mol. The van der Waals surface area contributed by atoms with E-state index in [4.69, 9.17) is 4.74 Å². The summed E-state index contributed by atoms with van der Waals surface area (Å²) in [5.41, 5.74) is 0.532. The van der Waals surface area contributed by atoms with Crippen LogP contribution < -0.4 is 4.74 Å². The minimum atomic E-state index is -4.14. The predicted molar refractivity (Wildman–Crippen MR) is 68.8 cm³/mol. The summed E-state index contributed by atoms with van der Waals surface area (Å²) in [6.45, 7) is 0. The monoisotopic (exact) mass is 302 g/mol. The summed E-state index contributed by atoms with van der Waals surface area (Å²) in [5.74, 6) is -1.25. The molecule has 0 spiro atoms. The van der Waals surface area contributed by atoms with Crippen LogP contribution in [0.25, 0.3) is 0 Å². The van der Waals surface area contributed by atoms with Crippen LogP contribution in [0.5, 0.6) is 5.88 Å². The second-order valence-corrected chi connectivity index (χ2v) is 5.28. The van der Waals surface area contributed by atoms with Crippen molar-refractivity contribution in [3.63, 3.8) is 0 Å². The lowest BCUT2D eigenvalue weighted by atomic mass is 9.79. The lowest BCUT2D eigenvalue weighted by Crippen LogP contribution is -2.30. The molecular weight excluding hydrogens is 285 g/mol. The van der Waals surface area contributed by atoms with Gasteiger partial charge in [-0.1, -0.05) is 0 Å². The number of hydrogen-bond donors (Lipinski definition) is 0. The van der Waals surface area contributed by atoms with E-state index in [1.54, 1.807) is 6.07 Å². The number of halogens is 3. The maximum absolute atomic E-state index is 12.6. The van der Waals surface area contributed by atoms with Gasteiger partial charge in [-0.05, 0) is 25.7 Å². The summed E-state index contributed by atoms with van der Waals surface area (Å²) < 4.78 is 42.7. The van der Waals surface area contributed by atoms with E-state index >= 15 is 0 Å². The number of aromatic nitrogens is 2. The van der Waals surface area contributed by atoms with E-state index in [0.717, 1.165) is 0 Å². The fourth-order valence-corrected chi connectivity index (χ4v) is 2.65. The molecule has 116 valence electrons. The molecule has 0 amide bonds. The third-order valence-electron chi connectivity index (χ3n) is 3.91.